The Morgan fingerprint density at radius 1 is 0.593 bits per heavy atom. The summed E-state index contributed by atoms with van der Waals surface area (Å²) in [5, 5.41) is 25.4. The first-order valence-electron chi connectivity index (χ1n) is 29.0. The van der Waals surface area contributed by atoms with Gasteiger partial charge in [-0.25, -0.2) is 21.6 Å². The van der Waals surface area contributed by atoms with Crippen LogP contribution in [0.25, 0.3) is 0 Å². The van der Waals surface area contributed by atoms with Crippen molar-refractivity contribution in [2.24, 2.45) is 23.5 Å². The van der Waals surface area contributed by atoms with Crippen LogP contribution in [0.15, 0.2) is 155 Å². The molecule has 5 N–H and O–H groups in total. The van der Waals surface area contributed by atoms with Gasteiger partial charge in [0.25, 0.3) is 0 Å². The molecule has 462 valence electrons. The normalized spacial score (nSPS) is 18.4. The zero-order valence-corrected chi connectivity index (χ0v) is 50.5. The van der Waals surface area contributed by atoms with E-state index in [4.69, 9.17) is 48.4 Å². The molecule has 0 radical (unpaired) electrons. The van der Waals surface area contributed by atoms with Gasteiger partial charge in [-0.2, -0.15) is 8.61 Å². The summed E-state index contributed by atoms with van der Waals surface area (Å²) in [5.74, 6) is 3.03. The molecule has 1 amide bonds. The molecule has 6 aromatic carbocycles. The van der Waals surface area contributed by atoms with Crippen LogP contribution < -0.4 is 39.5 Å². The fourth-order valence-corrected chi connectivity index (χ4v) is 13.6. The van der Waals surface area contributed by atoms with Crippen LogP contribution in [0.4, 0.5) is 4.79 Å². The Morgan fingerprint density at radius 3 is 1.57 bits per heavy atom. The van der Waals surface area contributed by atoms with Crippen molar-refractivity contribution in [1.29, 1.82) is 0 Å². The second-order valence-corrected chi connectivity index (χ2v) is 26.5. The lowest BCUT2D eigenvalue weighted by Crippen LogP contribution is -2.51. The smallest absolute Gasteiger partial charge is 0.407 e. The molecule has 0 spiro atoms. The Morgan fingerprint density at radius 2 is 1.07 bits per heavy atom. The van der Waals surface area contributed by atoms with Crippen LogP contribution in [0, 0.1) is 17.8 Å². The number of hydrogen-bond acceptors (Lipinski definition) is 17. The van der Waals surface area contributed by atoms with Crippen molar-refractivity contribution in [3.8, 4) is 34.5 Å². The predicted octanol–water partition coefficient (Wildman–Crippen LogP) is 8.06. The fourth-order valence-electron chi connectivity index (χ4n) is 10.3. The van der Waals surface area contributed by atoms with E-state index >= 15 is 0 Å². The van der Waals surface area contributed by atoms with Crippen LogP contribution in [0.2, 0.25) is 0 Å². The van der Waals surface area contributed by atoms with Crippen molar-refractivity contribution in [2.45, 2.75) is 113 Å². The molecule has 10 rings (SSSR count). The number of alkyl carbamates (subject to hydrolysis) is 1. The highest BCUT2D eigenvalue weighted by molar-refractivity contribution is 7.89. The maximum atomic E-state index is 13.9. The largest absolute Gasteiger partial charge is 0.489 e. The standard InChI is InChI=1S/C36H44N2O10S.C28H34N2O6S/c1-24(2)19-38(49(41,42)28-14-15-32-33(18-28)47-23-46-32)20-31(39)30(37-36(40)48-34-22-45-35-29(34)9-6-16-43-35)17-25-10-12-27(13-11-25)44-21-26-7-4-3-5-8-26;1-20(2)16-30(37(32,33)24-12-13-27-28(15-24)36-19-35-27)17-26(31)25(29)14-21-8-10-23(11-9-21)34-18-22-6-4-3-5-7-22/h3-5,7-8,10-15,18,24,29-31,34-35,39H,6,9,16-17,19-23H2,1-2H3,(H,37,40);3-13,15,20,25-26,31H,14,16-19,29H2,1-2H3/t29?,30-,31+,34?,35?;25-,26+/m00/s1. The molecule has 20 nitrogen and oxygen atoms in total. The zero-order chi connectivity index (χ0) is 60.8. The van der Waals surface area contributed by atoms with Crippen LogP contribution in [0.1, 0.15) is 62.8 Å². The third kappa shape index (κ3) is 17.2. The monoisotopic (exact) mass is 1220 g/mol. The van der Waals surface area contributed by atoms with Crippen molar-refractivity contribution < 1.29 is 74.5 Å². The summed E-state index contributed by atoms with van der Waals surface area (Å²) in [6, 6.07) is 42.1. The number of benzene rings is 6. The lowest BCUT2D eigenvalue weighted by Gasteiger charge is -2.31. The Hall–Kier alpha value is -6.99. The van der Waals surface area contributed by atoms with E-state index in [-0.39, 0.29) is 80.3 Å². The summed E-state index contributed by atoms with van der Waals surface area (Å²) in [4.78, 5) is 13.4. The van der Waals surface area contributed by atoms with E-state index in [1.165, 1.54) is 32.9 Å². The average molecular weight is 1220 g/mol. The number of ether oxygens (including phenoxy) is 9. The van der Waals surface area contributed by atoms with E-state index in [2.05, 4.69) is 5.32 Å². The molecule has 3 unspecified atom stereocenters. The van der Waals surface area contributed by atoms with Gasteiger partial charge < -0.3 is 63.9 Å². The Bertz CT molecular complexity index is 3360. The lowest BCUT2D eigenvalue weighted by atomic mass is 9.97. The molecule has 6 aromatic rings. The number of carbonyl (C=O) groups is 1. The maximum absolute atomic E-state index is 13.9. The molecule has 7 atom stereocenters. The van der Waals surface area contributed by atoms with E-state index in [9.17, 15) is 31.8 Å². The summed E-state index contributed by atoms with van der Waals surface area (Å²) in [5.41, 5.74) is 10.2. The number of rotatable bonds is 26. The summed E-state index contributed by atoms with van der Waals surface area (Å²) in [7, 11) is -7.96. The van der Waals surface area contributed by atoms with Crippen molar-refractivity contribution in [3.63, 3.8) is 0 Å². The highest BCUT2D eigenvalue weighted by atomic mass is 32.2. The first-order valence-corrected chi connectivity index (χ1v) is 31.9. The number of aliphatic hydroxyl groups excluding tert-OH is 2. The number of nitrogens with two attached hydrogens (primary N) is 1. The van der Waals surface area contributed by atoms with Crippen LogP contribution in [0.5, 0.6) is 34.5 Å². The Balaban J connectivity index is 0.000000214. The van der Waals surface area contributed by atoms with Gasteiger partial charge >= 0.3 is 6.09 Å². The number of sulfonamides is 2. The van der Waals surface area contributed by atoms with Gasteiger partial charge in [-0.05, 0) is 108 Å². The number of amides is 1. The summed E-state index contributed by atoms with van der Waals surface area (Å²) in [6.45, 7) is 9.42. The van der Waals surface area contributed by atoms with Crippen LogP contribution >= 0.6 is 0 Å². The molecule has 0 saturated carbocycles. The van der Waals surface area contributed by atoms with Gasteiger partial charge in [0.2, 0.25) is 33.6 Å². The van der Waals surface area contributed by atoms with Crippen molar-refractivity contribution >= 4 is 26.1 Å². The molecule has 4 aliphatic heterocycles. The molecule has 2 saturated heterocycles. The van der Waals surface area contributed by atoms with E-state index in [1.54, 1.807) is 12.1 Å². The van der Waals surface area contributed by atoms with Gasteiger partial charge in [0.05, 0.1) is 34.6 Å². The SMILES string of the molecule is CC(C)CN(C[C@@H](O)[C@@H](N)Cc1ccc(OCc2ccccc2)cc1)S(=O)(=O)c1ccc2c(c1)OCO2.CC(C)CN(C[C@@H](O)[C@H](Cc1ccc(OCc2ccccc2)cc1)NC(=O)OC1COC2OCCCC12)S(=O)(=O)c1ccc2c(c1)OCO2. The quantitative estimate of drug-likeness (QED) is 0.0401. The number of nitrogens with one attached hydrogen (secondary N) is 1. The number of carbonyl (C=O) groups excluding carboxylic acids is 1. The minimum atomic E-state index is -4.07. The summed E-state index contributed by atoms with van der Waals surface area (Å²) >= 11 is 0. The molecule has 0 aromatic heterocycles. The van der Waals surface area contributed by atoms with Crippen molar-refractivity contribution in [3.05, 3.63) is 168 Å². The van der Waals surface area contributed by atoms with E-state index < -0.39 is 62.8 Å². The van der Waals surface area contributed by atoms with Gasteiger partial charge in [-0.3, -0.25) is 0 Å². The maximum Gasteiger partial charge on any atom is 0.407 e. The highest BCUT2D eigenvalue weighted by Gasteiger charge is 2.43. The second-order valence-electron chi connectivity index (χ2n) is 22.6. The van der Waals surface area contributed by atoms with Gasteiger partial charge in [-0.1, -0.05) is 113 Å². The second kappa shape index (κ2) is 29.6. The van der Waals surface area contributed by atoms with E-state index in [0.29, 0.717) is 55.0 Å². The molecular weight excluding hydrogens is 1140 g/mol. The van der Waals surface area contributed by atoms with Crippen LogP contribution in [-0.4, -0.2) is 131 Å². The average Bonchev–Trinajstić information content (AvgIpc) is 2.26. The first-order chi connectivity index (χ1) is 41.4. The molecule has 4 aliphatic rings. The number of nitrogens with zero attached hydrogens (tertiary/aromatic N) is 2. The van der Waals surface area contributed by atoms with Crippen molar-refractivity contribution in [1.82, 2.24) is 13.9 Å². The molecule has 86 heavy (non-hydrogen) atoms. The molecule has 22 heteroatoms. The van der Waals surface area contributed by atoms with Gasteiger partial charge in [-0.15, -0.1) is 0 Å². The molecule has 2 fully saturated rings. The first kappa shape index (κ1) is 63.5. The predicted molar refractivity (Wildman–Crippen MR) is 320 cm³/mol. The molecule has 0 aliphatic carbocycles. The molecular formula is C64H78N4O16S2. The van der Waals surface area contributed by atoms with Gasteiger partial charge in [0.15, 0.2) is 29.3 Å². The fraction of sp³-hybridized carbons (Fsp3) is 0.422. The van der Waals surface area contributed by atoms with Crippen LogP contribution in [-0.2, 0) is 60.3 Å². The van der Waals surface area contributed by atoms with Gasteiger partial charge in [0.1, 0.15) is 30.8 Å². The Kier molecular flexibility index (Phi) is 21.9. The number of fused-ring (bicyclic) bond motifs is 3. The van der Waals surface area contributed by atoms with Crippen LogP contribution in [0.3, 0.4) is 0 Å². The minimum absolute atomic E-state index is 0.0121. The number of aliphatic hydroxyl groups is 2. The third-order valence-corrected chi connectivity index (χ3v) is 18.5. The van der Waals surface area contributed by atoms with E-state index in [1.807, 2.05) is 137 Å². The third-order valence-electron chi connectivity index (χ3n) is 14.9. The minimum Gasteiger partial charge on any atom is -0.489 e. The topological polar surface area (TPSA) is 253 Å². The van der Waals surface area contributed by atoms with E-state index in [0.717, 1.165) is 40.8 Å². The number of hydrogen-bond donors (Lipinski definition) is 4. The van der Waals surface area contributed by atoms with Crippen molar-refractivity contribution in [2.75, 3.05) is 53.0 Å². The van der Waals surface area contributed by atoms with Gasteiger partial charge in [0, 0.05) is 56.9 Å². The zero-order valence-electron chi connectivity index (χ0n) is 48.9. The lowest BCUT2D eigenvalue weighted by molar-refractivity contribution is -0.152. The Labute approximate surface area is 504 Å². The molecule has 0 bridgehead atoms. The summed E-state index contributed by atoms with van der Waals surface area (Å²) in [6.07, 6.45) is -1.72. The summed E-state index contributed by atoms with van der Waals surface area (Å²) < 4.78 is 108. The molecule has 4 heterocycles. The highest BCUT2D eigenvalue weighted by Crippen LogP contribution is 2.37.